The summed E-state index contributed by atoms with van der Waals surface area (Å²) in [5.74, 6) is 0.266. The molecule has 22 heavy (non-hydrogen) atoms. The zero-order valence-corrected chi connectivity index (χ0v) is 12.7. The smallest absolute Gasteiger partial charge is 0.409 e. The number of likely N-dealkylation sites (tertiary alicyclic amines) is 1. The van der Waals surface area contributed by atoms with Gasteiger partial charge in [0, 0.05) is 19.0 Å². The Morgan fingerprint density at radius 3 is 2.86 bits per heavy atom. The van der Waals surface area contributed by atoms with Crippen LogP contribution in [0.2, 0.25) is 0 Å². The maximum absolute atomic E-state index is 11.9. The van der Waals surface area contributed by atoms with Gasteiger partial charge in [-0.2, -0.15) is 5.06 Å². The lowest BCUT2D eigenvalue weighted by molar-refractivity contribution is -0.174. The summed E-state index contributed by atoms with van der Waals surface area (Å²) < 4.78 is 5.08. The first-order valence-corrected chi connectivity index (χ1v) is 7.73. The van der Waals surface area contributed by atoms with Gasteiger partial charge in [-0.25, -0.2) is 4.79 Å². The van der Waals surface area contributed by atoms with E-state index >= 15 is 0 Å². The van der Waals surface area contributed by atoms with E-state index in [0.29, 0.717) is 26.3 Å². The van der Waals surface area contributed by atoms with E-state index in [1.807, 2.05) is 35.4 Å². The summed E-state index contributed by atoms with van der Waals surface area (Å²) in [6.45, 7) is 3.96. The van der Waals surface area contributed by atoms with Gasteiger partial charge >= 0.3 is 6.09 Å². The Hall–Kier alpha value is -1.63. The minimum absolute atomic E-state index is 0.0212. The topological polar surface area (TPSA) is 62.2 Å². The van der Waals surface area contributed by atoms with Crippen molar-refractivity contribution >= 4 is 6.09 Å². The SMILES string of the molecule is CCOC(=O)N1C[C@H]2CON(C(CO)c3ccccc3)[C@H]2C1. The quantitative estimate of drug-likeness (QED) is 0.911. The van der Waals surface area contributed by atoms with Crippen LogP contribution in [0.25, 0.3) is 0 Å². The molecule has 6 heteroatoms. The maximum Gasteiger partial charge on any atom is 0.409 e. The molecule has 3 atom stereocenters. The molecule has 2 heterocycles. The predicted molar refractivity (Wildman–Crippen MR) is 79.9 cm³/mol. The molecule has 0 radical (unpaired) electrons. The summed E-state index contributed by atoms with van der Waals surface area (Å²) in [6, 6.07) is 9.70. The average molecular weight is 306 g/mol. The van der Waals surface area contributed by atoms with Crippen LogP contribution in [-0.2, 0) is 9.57 Å². The second-order valence-electron chi connectivity index (χ2n) is 5.70. The second-order valence-corrected chi connectivity index (χ2v) is 5.70. The lowest BCUT2D eigenvalue weighted by Crippen LogP contribution is -2.39. The molecule has 1 amide bonds. The number of carbonyl (C=O) groups excluding carboxylic acids is 1. The monoisotopic (exact) mass is 306 g/mol. The first kappa shape index (κ1) is 15.3. The van der Waals surface area contributed by atoms with Gasteiger partial charge in [0.15, 0.2) is 0 Å². The van der Waals surface area contributed by atoms with Gasteiger partial charge in [0.25, 0.3) is 0 Å². The lowest BCUT2D eigenvalue weighted by Gasteiger charge is -2.30. The van der Waals surface area contributed by atoms with Crippen molar-refractivity contribution in [1.82, 2.24) is 9.96 Å². The fourth-order valence-electron chi connectivity index (χ4n) is 3.28. The summed E-state index contributed by atoms with van der Waals surface area (Å²) >= 11 is 0. The molecule has 3 rings (SSSR count). The summed E-state index contributed by atoms with van der Waals surface area (Å²) in [5.41, 5.74) is 1.01. The highest BCUT2D eigenvalue weighted by Gasteiger charge is 2.47. The van der Waals surface area contributed by atoms with Gasteiger partial charge in [-0.05, 0) is 12.5 Å². The minimum atomic E-state index is -0.267. The molecule has 1 aromatic carbocycles. The first-order valence-electron chi connectivity index (χ1n) is 7.73. The van der Waals surface area contributed by atoms with Crippen LogP contribution in [0.5, 0.6) is 0 Å². The van der Waals surface area contributed by atoms with E-state index in [2.05, 4.69) is 0 Å². The molecular formula is C16H22N2O4. The second kappa shape index (κ2) is 6.64. The summed E-state index contributed by atoms with van der Waals surface area (Å²) in [4.78, 5) is 19.4. The fraction of sp³-hybridized carbons (Fsp3) is 0.562. The number of rotatable bonds is 4. The summed E-state index contributed by atoms with van der Waals surface area (Å²) in [7, 11) is 0. The molecule has 0 aromatic heterocycles. The van der Waals surface area contributed by atoms with Crippen molar-refractivity contribution in [2.24, 2.45) is 5.92 Å². The van der Waals surface area contributed by atoms with Crippen molar-refractivity contribution in [3.05, 3.63) is 35.9 Å². The molecule has 0 bridgehead atoms. The van der Waals surface area contributed by atoms with Crippen LogP contribution in [-0.4, -0.2) is 60.1 Å². The highest BCUT2D eigenvalue weighted by Crippen LogP contribution is 2.35. The predicted octanol–water partition coefficient (Wildman–Crippen LogP) is 1.42. The molecule has 2 saturated heterocycles. The van der Waals surface area contributed by atoms with E-state index < -0.39 is 0 Å². The number of ether oxygens (including phenoxy) is 1. The molecule has 120 valence electrons. The Balaban J connectivity index is 1.72. The number of amides is 1. The zero-order valence-electron chi connectivity index (χ0n) is 12.7. The summed E-state index contributed by atoms with van der Waals surface area (Å²) in [5, 5.41) is 11.7. The third-order valence-electron chi connectivity index (χ3n) is 4.36. The number of hydroxylamine groups is 2. The molecule has 2 fully saturated rings. The number of hydrogen-bond acceptors (Lipinski definition) is 5. The molecule has 2 aliphatic rings. The molecule has 1 aromatic rings. The number of aliphatic hydroxyl groups excluding tert-OH is 1. The molecule has 0 aliphatic carbocycles. The van der Waals surface area contributed by atoms with Crippen LogP contribution in [0.4, 0.5) is 4.79 Å². The van der Waals surface area contributed by atoms with Crippen LogP contribution in [0.1, 0.15) is 18.5 Å². The number of carbonyl (C=O) groups is 1. The van der Waals surface area contributed by atoms with Gasteiger partial charge in [0.2, 0.25) is 0 Å². The Kier molecular flexibility index (Phi) is 4.61. The highest BCUT2D eigenvalue weighted by molar-refractivity contribution is 5.68. The van der Waals surface area contributed by atoms with Crippen molar-refractivity contribution < 1.29 is 19.5 Å². The van der Waals surface area contributed by atoms with Gasteiger partial charge in [-0.3, -0.25) is 4.84 Å². The molecule has 2 aliphatic heterocycles. The Morgan fingerprint density at radius 1 is 1.41 bits per heavy atom. The first-order chi connectivity index (χ1) is 10.7. The van der Waals surface area contributed by atoms with Gasteiger partial charge in [0.05, 0.1) is 31.9 Å². The Morgan fingerprint density at radius 2 is 2.18 bits per heavy atom. The largest absolute Gasteiger partial charge is 0.450 e. The molecule has 0 saturated carbocycles. The van der Waals surface area contributed by atoms with Crippen LogP contribution in [0.15, 0.2) is 30.3 Å². The number of nitrogens with zero attached hydrogens (tertiary/aromatic N) is 2. The van der Waals surface area contributed by atoms with E-state index in [1.54, 1.807) is 11.8 Å². The number of fused-ring (bicyclic) bond motifs is 1. The van der Waals surface area contributed by atoms with Crippen LogP contribution in [0, 0.1) is 5.92 Å². The van der Waals surface area contributed by atoms with E-state index in [0.717, 1.165) is 5.56 Å². The Labute approximate surface area is 130 Å². The van der Waals surface area contributed by atoms with Gasteiger partial charge in [-0.15, -0.1) is 0 Å². The molecule has 6 nitrogen and oxygen atoms in total. The van der Waals surface area contributed by atoms with Gasteiger partial charge in [-0.1, -0.05) is 30.3 Å². The van der Waals surface area contributed by atoms with E-state index in [9.17, 15) is 9.90 Å². The van der Waals surface area contributed by atoms with Crippen LogP contribution >= 0.6 is 0 Å². The number of benzene rings is 1. The average Bonchev–Trinajstić information content (AvgIpc) is 3.11. The van der Waals surface area contributed by atoms with Crippen molar-refractivity contribution in [1.29, 1.82) is 0 Å². The normalized spacial score (nSPS) is 26.0. The van der Waals surface area contributed by atoms with E-state index in [1.165, 1.54) is 0 Å². The third-order valence-corrected chi connectivity index (χ3v) is 4.36. The van der Waals surface area contributed by atoms with Crippen molar-refractivity contribution in [2.75, 3.05) is 32.9 Å². The standard InChI is InChI=1S/C16H22N2O4/c1-2-21-16(20)17-8-13-11-22-18(14(13)9-17)15(10-19)12-6-4-3-5-7-12/h3-7,13-15,19H,2,8-11H2,1H3/t13-,14-,15?/m0/s1. The number of hydrogen-bond donors (Lipinski definition) is 1. The molecule has 1 unspecified atom stereocenters. The molecular weight excluding hydrogens is 284 g/mol. The van der Waals surface area contributed by atoms with Crippen LogP contribution < -0.4 is 0 Å². The van der Waals surface area contributed by atoms with Gasteiger partial charge in [0.1, 0.15) is 0 Å². The maximum atomic E-state index is 11.9. The minimum Gasteiger partial charge on any atom is -0.450 e. The van der Waals surface area contributed by atoms with Crippen molar-refractivity contribution in [2.45, 2.75) is 19.0 Å². The highest BCUT2D eigenvalue weighted by atomic mass is 16.7. The van der Waals surface area contributed by atoms with E-state index in [4.69, 9.17) is 9.57 Å². The zero-order chi connectivity index (χ0) is 15.5. The summed E-state index contributed by atoms with van der Waals surface area (Å²) in [6.07, 6.45) is -0.267. The Bertz CT molecular complexity index is 510. The van der Waals surface area contributed by atoms with Crippen LogP contribution in [0.3, 0.4) is 0 Å². The van der Waals surface area contributed by atoms with Crippen molar-refractivity contribution in [3.8, 4) is 0 Å². The van der Waals surface area contributed by atoms with Gasteiger partial charge < -0.3 is 14.7 Å². The third kappa shape index (κ3) is 2.82. The molecule has 1 N–H and O–H groups in total. The molecule has 0 spiro atoms. The lowest BCUT2D eigenvalue weighted by atomic mass is 10.0. The van der Waals surface area contributed by atoms with Crippen molar-refractivity contribution in [3.63, 3.8) is 0 Å². The van der Waals surface area contributed by atoms with E-state index in [-0.39, 0.29) is 30.7 Å². The fourth-order valence-corrected chi connectivity index (χ4v) is 3.28. The number of aliphatic hydroxyl groups is 1.